The minimum absolute atomic E-state index is 0.0132. The van der Waals surface area contributed by atoms with Crippen LogP contribution in [0.3, 0.4) is 0 Å². The monoisotopic (exact) mass is 285 g/mol. The fourth-order valence-electron chi connectivity index (χ4n) is 3.88. The zero-order valence-corrected chi connectivity index (χ0v) is 11.9. The molecule has 0 amide bonds. The quantitative estimate of drug-likeness (QED) is 0.832. The van der Waals surface area contributed by atoms with Crippen LogP contribution in [0.1, 0.15) is 25.3 Å². The zero-order valence-electron chi connectivity index (χ0n) is 10.3. The Morgan fingerprint density at radius 3 is 2.72 bits per heavy atom. The molecule has 0 unspecified atom stereocenters. The van der Waals surface area contributed by atoms with Crippen molar-refractivity contribution in [2.24, 2.45) is 5.41 Å². The molecule has 2 nitrogen and oxygen atoms in total. The first-order valence-corrected chi connectivity index (χ1v) is 7.07. The third-order valence-electron chi connectivity index (χ3n) is 4.84. The Hall–Kier alpha value is -0.280. The van der Waals surface area contributed by atoms with E-state index in [4.69, 9.17) is 23.2 Å². The van der Waals surface area contributed by atoms with E-state index in [0.717, 1.165) is 25.9 Å². The van der Waals surface area contributed by atoms with Gasteiger partial charge in [-0.1, -0.05) is 36.2 Å². The minimum Gasteiger partial charge on any atom is -0.393 e. The molecule has 18 heavy (non-hydrogen) atoms. The van der Waals surface area contributed by atoms with Gasteiger partial charge < -0.3 is 10.4 Å². The zero-order chi connectivity index (χ0) is 13.0. The topological polar surface area (TPSA) is 32.3 Å². The van der Waals surface area contributed by atoms with E-state index < -0.39 is 0 Å². The van der Waals surface area contributed by atoms with Crippen LogP contribution in [0.4, 0.5) is 0 Å². The number of benzene rings is 1. The molecule has 2 N–H and O–H groups in total. The normalized spacial score (nSPS) is 39.0. The summed E-state index contributed by atoms with van der Waals surface area (Å²) in [6, 6.07) is 5.88. The van der Waals surface area contributed by atoms with Crippen LogP contribution in [0.2, 0.25) is 10.0 Å². The molecule has 0 bridgehead atoms. The van der Waals surface area contributed by atoms with E-state index in [9.17, 15) is 5.11 Å². The first kappa shape index (κ1) is 12.7. The fraction of sp³-hybridized carbons (Fsp3) is 0.571. The molecular formula is C14H17Cl2NO. The molecular weight excluding hydrogens is 269 g/mol. The summed E-state index contributed by atoms with van der Waals surface area (Å²) in [7, 11) is 0. The Balaban J connectivity index is 2.10. The predicted molar refractivity (Wildman–Crippen MR) is 74.4 cm³/mol. The van der Waals surface area contributed by atoms with Gasteiger partial charge >= 0.3 is 0 Å². The molecule has 2 aliphatic rings. The average Bonchev–Trinajstić information content (AvgIpc) is 2.71. The minimum atomic E-state index is -0.216. The maximum Gasteiger partial charge on any atom is 0.0595 e. The number of nitrogens with one attached hydrogen (secondary N) is 1. The van der Waals surface area contributed by atoms with Crippen LogP contribution in [0.5, 0.6) is 0 Å². The highest BCUT2D eigenvalue weighted by atomic mass is 35.5. The molecule has 1 aliphatic carbocycles. The lowest BCUT2D eigenvalue weighted by Crippen LogP contribution is -2.38. The van der Waals surface area contributed by atoms with Gasteiger partial charge in [0.05, 0.1) is 16.1 Å². The summed E-state index contributed by atoms with van der Waals surface area (Å²) in [5, 5.41) is 14.7. The molecule has 1 aromatic carbocycles. The SMILES string of the molecule is C[C@@]12CNC[C@]1(c1ccc(Cl)c(Cl)c1)C[C@H](O)C2. The van der Waals surface area contributed by atoms with Crippen molar-refractivity contribution in [3.05, 3.63) is 33.8 Å². The molecule has 1 saturated carbocycles. The van der Waals surface area contributed by atoms with Gasteiger partial charge in [0.25, 0.3) is 0 Å². The molecule has 1 saturated heterocycles. The highest BCUT2D eigenvalue weighted by Crippen LogP contribution is 2.56. The summed E-state index contributed by atoms with van der Waals surface area (Å²) >= 11 is 12.1. The first-order valence-electron chi connectivity index (χ1n) is 6.31. The number of aliphatic hydroxyl groups is 1. The number of aliphatic hydroxyl groups excluding tert-OH is 1. The largest absolute Gasteiger partial charge is 0.393 e. The smallest absolute Gasteiger partial charge is 0.0595 e. The second-order valence-electron chi connectivity index (χ2n) is 5.94. The van der Waals surface area contributed by atoms with Crippen LogP contribution in [0.25, 0.3) is 0 Å². The molecule has 0 aromatic heterocycles. The standard InChI is InChI=1S/C14H17Cl2NO/c1-13-5-10(18)6-14(13,8-17-7-13)9-2-3-11(15)12(16)4-9/h2-4,10,17-18H,5-8H2,1H3/t10-,13-,14+/m1/s1. The first-order chi connectivity index (χ1) is 8.47. The van der Waals surface area contributed by atoms with Crippen molar-refractivity contribution in [2.75, 3.05) is 13.1 Å². The summed E-state index contributed by atoms with van der Waals surface area (Å²) in [5.74, 6) is 0. The van der Waals surface area contributed by atoms with Crippen molar-refractivity contribution in [3.8, 4) is 0 Å². The number of rotatable bonds is 1. The van der Waals surface area contributed by atoms with Crippen molar-refractivity contribution >= 4 is 23.2 Å². The van der Waals surface area contributed by atoms with Gasteiger partial charge in [-0.15, -0.1) is 0 Å². The Kier molecular flexibility index (Phi) is 2.91. The lowest BCUT2D eigenvalue weighted by molar-refractivity contribution is 0.164. The van der Waals surface area contributed by atoms with Crippen LogP contribution in [0.15, 0.2) is 18.2 Å². The van der Waals surface area contributed by atoms with E-state index in [1.807, 2.05) is 12.1 Å². The van der Waals surface area contributed by atoms with Crippen LogP contribution < -0.4 is 5.32 Å². The molecule has 1 heterocycles. The lowest BCUT2D eigenvalue weighted by atomic mass is 9.65. The molecule has 3 atom stereocenters. The molecule has 4 heteroatoms. The molecule has 3 rings (SSSR count). The highest BCUT2D eigenvalue weighted by molar-refractivity contribution is 6.42. The Morgan fingerprint density at radius 2 is 2.00 bits per heavy atom. The van der Waals surface area contributed by atoms with Gasteiger partial charge in [-0.3, -0.25) is 0 Å². The second-order valence-corrected chi connectivity index (χ2v) is 6.75. The highest BCUT2D eigenvalue weighted by Gasteiger charge is 2.58. The van der Waals surface area contributed by atoms with Crippen LogP contribution in [-0.4, -0.2) is 24.3 Å². The van der Waals surface area contributed by atoms with Gasteiger partial charge in [0.2, 0.25) is 0 Å². The van der Waals surface area contributed by atoms with E-state index >= 15 is 0 Å². The molecule has 1 aromatic rings. The van der Waals surface area contributed by atoms with Gasteiger partial charge in [-0.2, -0.15) is 0 Å². The summed E-state index contributed by atoms with van der Waals surface area (Å²) in [5.41, 5.74) is 1.28. The van der Waals surface area contributed by atoms with Gasteiger partial charge in [-0.05, 0) is 36.0 Å². The number of halogens is 2. The van der Waals surface area contributed by atoms with Gasteiger partial charge in [0.1, 0.15) is 0 Å². The van der Waals surface area contributed by atoms with Gasteiger partial charge in [0.15, 0.2) is 0 Å². The Bertz CT molecular complexity index is 493. The summed E-state index contributed by atoms with van der Waals surface area (Å²) in [6.07, 6.45) is 1.43. The molecule has 0 radical (unpaired) electrons. The van der Waals surface area contributed by atoms with E-state index in [0.29, 0.717) is 10.0 Å². The second kappa shape index (κ2) is 4.11. The van der Waals surface area contributed by atoms with Crippen molar-refractivity contribution in [1.82, 2.24) is 5.32 Å². The number of fused-ring (bicyclic) bond motifs is 1. The van der Waals surface area contributed by atoms with E-state index in [2.05, 4.69) is 18.3 Å². The van der Waals surface area contributed by atoms with Crippen LogP contribution >= 0.6 is 23.2 Å². The number of hydrogen-bond donors (Lipinski definition) is 2. The van der Waals surface area contributed by atoms with Gasteiger partial charge in [-0.25, -0.2) is 0 Å². The lowest BCUT2D eigenvalue weighted by Gasteiger charge is -2.37. The third kappa shape index (κ3) is 1.63. The van der Waals surface area contributed by atoms with Crippen LogP contribution in [0, 0.1) is 5.41 Å². The average molecular weight is 286 g/mol. The molecule has 0 spiro atoms. The van der Waals surface area contributed by atoms with Gasteiger partial charge in [0, 0.05) is 18.5 Å². The molecule has 2 fully saturated rings. The maximum atomic E-state index is 10.1. The molecule has 1 aliphatic heterocycles. The Labute approximate surface area is 117 Å². The van der Waals surface area contributed by atoms with Crippen molar-refractivity contribution in [1.29, 1.82) is 0 Å². The van der Waals surface area contributed by atoms with Crippen LogP contribution in [-0.2, 0) is 5.41 Å². The van der Waals surface area contributed by atoms with Crippen molar-refractivity contribution in [3.63, 3.8) is 0 Å². The third-order valence-corrected chi connectivity index (χ3v) is 5.58. The van der Waals surface area contributed by atoms with Crippen molar-refractivity contribution < 1.29 is 5.11 Å². The van der Waals surface area contributed by atoms with E-state index in [-0.39, 0.29) is 16.9 Å². The Morgan fingerprint density at radius 1 is 1.22 bits per heavy atom. The maximum absolute atomic E-state index is 10.1. The molecule has 98 valence electrons. The fourth-order valence-corrected chi connectivity index (χ4v) is 4.18. The predicted octanol–water partition coefficient (Wildman–Crippen LogP) is 3.00. The summed E-state index contributed by atoms with van der Waals surface area (Å²) < 4.78 is 0. The van der Waals surface area contributed by atoms with E-state index in [1.54, 1.807) is 0 Å². The van der Waals surface area contributed by atoms with E-state index in [1.165, 1.54) is 5.56 Å². The van der Waals surface area contributed by atoms with Crippen molar-refractivity contribution in [2.45, 2.75) is 31.3 Å². The summed E-state index contributed by atoms with van der Waals surface area (Å²) in [6.45, 7) is 4.11. The summed E-state index contributed by atoms with van der Waals surface area (Å²) in [4.78, 5) is 0. The number of hydrogen-bond acceptors (Lipinski definition) is 2.